The zero-order valence-corrected chi connectivity index (χ0v) is 11.1. The molecule has 0 saturated heterocycles. The minimum Gasteiger partial charge on any atom is -0.496 e. The molecule has 0 bridgehead atoms. The fraction of sp³-hybridized carbons (Fsp3) is 0.571. The Bertz CT molecular complexity index is 311. The number of para-hydroxylation sites is 1. The quantitative estimate of drug-likeness (QED) is 0.675. The average molecular weight is 241 g/mol. The van der Waals surface area contributed by atoms with Crippen LogP contribution < -0.4 is 4.74 Å². The Morgan fingerprint density at radius 3 is 2.62 bits per heavy atom. The van der Waals surface area contributed by atoms with E-state index >= 15 is 0 Å². The second-order valence-electron chi connectivity index (χ2n) is 4.30. The van der Waals surface area contributed by atoms with Gasteiger partial charge in [0, 0.05) is 5.38 Å². The van der Waals surface area contributed by atoms with E-state index in [0.29, 0.717) is 5.92 Å². The first-order valence-electron chi connectivity index (χ1n) is 5.95. The molecule has 1 aromatic carbocycles. The molecule has 1 aromatic rings. The normalized spacial score (nSPS) is 14.5. The van der Waals surface area contributed by atoms with Crippen molar-refractivity contribution in [1.82, 2.24) is 0 Å². The van der Waals surface area contributed by atoms with Crippen LogP contribution in [0.15, 0.2) is 24.3 Å². The molecule has 0 heterocycles. The SMILES string of the molecule is CCCC(Cl)C(C)Cc1ccccc1OC. The molecule has 0 aliphatic heterocycles. The van der Waals surface area contributed by atoms with Gasteiger partial charge >= 0.3 is 0 Å². The first-order chi connectivity index (χ1) is 7.69. The molecule has 0 radical (unpaired) electrons. The van der Waals surface area contributed by atoms with Crippen molar-refractivity contribution >= 4 is 11.6 Å². The number of halogens is 1. The van der Waals surface area contributed by atoms with Crippen LogP contribution in [0.2, 0.25) is 0 Å². The summed E-state index contributed by atoms with van der Waals surface area (Å²) in [4.78, 5) is 0. The van der Waals surface area contributed by atoms with E-state index in [0.717, 1.165) is 25.0 Å². The van der Waals surface area contributed by atoms with Crippen molar-refractivity contribution in [3.8, 4) is 5.75 Å². The van der Waals surface area contributed by atoms with Crippen molar-refractivity contribution in [3.63, 3.8) is 0 Å². The maximum absolute atomic E-state index is 6.34. The fourth-order valence-electron chi connectivity index (χ4n) is 1.91. The van der Waals surface area contributed by atoms with Crippen LogP contribution in [-0.4, -0.2) is 12.5 Å². The fourth-order valence-corrected chi connectivity index (χ4v) is 2.21. The van der Waals surface area contributed by atoms with Crippen LogP contribution in [0.25, 0.3) is 0 Å². The molecule has 0 aliphatic rings. The van der Waals surface area contributed by atoms with Gasteiger partial charge in [-0.2, -0.15) is 0 Å². The van der Waals surface area contributed by atoms with Crippen molar-refractivity contribution in [3.05, 3.63) is 29.8 Å². The smallest absolute Gasteiger partial charge is 0.122 e. The van der Waals surface area contributed by atoms with Crippen LogP contribution in [0.3, 0.4) is 0 Å². The summed E-state index contributed by atoms with van der Waals surface area (Å²) in [5.74, 6) is 1.45. The minimum atomic E-state index is 0.259. The lowest BCUT2D eigenvalue weighted by atomic mass is 9.95. The number of alkyl halides is 1. The molecule has 0 fully saturated rings. The second-order valence-corrected chi connectivity index (χ2v) is 4.86. The summed E-state index contributed by atoms with van der Waals surface area (Å²) >= 11 is 6.34. The van der Waals surface area contributed by atoms with Gasteiger partial charge < -0.3 is 4.74 Å². The van der Waals surface area contributed by atoms with E-state index in [1.807, 2.05) is 18.2 Å². The highest BCUT2D eigenvalue weighted by molar-refractivity contribution is 6.20. The molecule has 1 nitrogen and oxygen atoms in total. The third-order valence-electron chi connectivity index (χ3n) is 2.92. The van der Waals surface area contributed by atoms with Crippen molar-refractivity contribution < 1.29 is 4.74 Å². The van der Waals surface area contributed by atoms with Gasteiger partial charge in [-0.15, -0.1) is 11.6 Å². The first kappa shape index (κ1) is 13.4. The van der Waals surface area contributed by atoms with E-state index in [1.54, 1.807) is 7.11 Å². The van der Waals surface area contributed by atoms with Gasteiger partial charge in [-0.05, 0) is 30.4 Å². The number of hydrogen-bond donors (Lipinski definition) is 0. The Morgan fingerprint density at radius 1 is 1.31 bits per heavy atom. The van der Waals surface area contributed by atoms with Crippen LogP contribution in [-0.2, 0) is 6.42 Å². The molecule has 1 rings (SSSR count). The van der Waals surface area contributed by atoms with E-state index < -0.39 is 0 Å². The molecule has 2 heteroatoms. The van der Waals surface area contributed by atoms with Gasteiger partial charge in [0.1, 0.15) is 5.75 Å². The van der Waals surface area contributed by atoms with Gasteiger partial charge in [0.2, 0.25) is 0 Å². The summed E-state index contributed by atoms with van der Waals surface area (Å²) < 4.78 is 5.34. The van der Waals surface area contributed by atoms with Crippen LogP contribution >= 0.6 is 11.6 Å². The molecule has 2 atom stereocenters. The van der Waals surface area contributed by atoms with Gasteiger partial charge in [0.15, 0.2) is 0 Å². The third-order valence-corrected chi connectivity index (χ3v) is 3.56. The zero-order chi connectivity index (χ0) is 12.0. The molecule has 0 spiro atoms. The predicted molar refractivity (Wildman–Crippen MR) is 70.4 cm³/mol. The Morgan fingerprint density at radius 2 is 2.00 bits per heavy atom. The number of ether oxygens (including phenoxy) is 1. The average Bonchev–Trinajstić information content (AvgIpc) is 2.30. The minimum absolute atomic E-state index is 0.259. The predicted octanol–water partition coefficient (Wildman–Crippen LogP) is 4.28. The third kappa shape index (κ3) is 3.71. The first-order valence-corrected chi connectivity index (χ1v) is 6.38. The van der Waals surface area contributed by atoms with Gasteiger partial charge in [-0.3, -0.25) is 0 Å². The number of methoxy groups -OCH3 is 1. The molecule has 90 valence electrons. The highest BCUT2D eigenvalue weighted by Gasteiger charge is 2.15. The van der Waals surface area contributed by atoms with Gasteiger partial charge in [0.05, 0.1) is 7.11 Å². The summed E-state index contributed by atoms with van der Waals surface area (Å²) in [6.45, 7) is 4.38. The van der Waals surface area contributed by atoms with Gasteiger partial charge in [0.25, 0.3) is 0 Å². The van der Waals surface area contributed by atoms with Crippen LogP contribution in [0, 0.1) is 5.92 Å². The van der Waals surface area contributed by atoms with Crippen LogP contribution in [0.4, 0.5) is 0 Å². The lowest BCUT2D eigenvalue weighted by molar-refractivity contribution is 0.403. The van der Waals surface area contributed by atoms with Gasteiger partial charge in [-0.25, -0.2) is 0 Å². The zero-order valence-electron chi connectivity index (χ0n) is 10.4. The van der Waals surface area contributed by atoms with E-state index in [1.165, 1.54) is 5.56 Å². The van der Waals surface area contributed by atoms with Crippen LogP contribution in [0.1, 0.15) is 32.3 Å². The highest BCUT2D eigenvalue weighted by atomic mass is 35.5. The topological polar surface area (TPSA) is 9.23 Å². The van der Waals surface area contributed by atoms with Crippen molar-refractivity contribution in [2.75, 3.05) is 7.11 Å². The summed E-state index contributed by atoms with van der Waals surface area (Å²) in [6, 6.07) is 8.17. The maximum atomic E-state index is 6.34. The van der Waals surface area contributed by atoms with Crippen molar-refractivity contribution in [1.29, 1.82) is 0 Å². The lowest BCUT2D eigenvalue weighted by Crippen LogP contribution is -2.14. The maximum Gasteiger partial charge on any atom is 0.122 e. The molecule has 0 saturated carbocycles. The molecular weight excluding hydrogens is 220 g/mol. The molecular formula is C14H21ClO. The number of hydrogen-bond acceptors (Lipinski definition) is 1. The lowest BCUT2D eigenvalue weighted by Gasteiger charge is -2.18. The molecule has 0 aromatic heterocycles. The second kappa shape index (κ2) is 6.80. The molecule has 2 unspecified atom stereocenters. The van der Waals surface area contributed by atoms with Gasteiger partial charge in [-0.1, -0.05) is 38.5 Å². The monoisotopic (exact) mass is 240 g/mol. The van der Waals surface area contributed by atoms with E-state index in [-0.39, 0.29) is 5.38 Å². The van der Waals surface area contributed by atoms with E-state index in [9.17, 15) is 0 Å². The molecule has 0 amide bonds. The Balaban J connectivity index is 2.64. The van der Waals surface area contributed by atoms with Crippen molar-refractivity contribution in [2.45, 2.75) is 38.5 Å². The number of rotatable bonds is 6. The molecule has 16 heavy (non-hydrogen) atoms. The largest absolute Gasteiger partial charge is 0.496 e. The Hall–Kier alpha value is -0.690. The molecule has 0 N–H and O–H groups in total. The van der Waals surface area contributed by atoms with E-state index in [4.69, 9.17) is 16.3 Å². The van der Waals surface area contributed by atoms with Crippen molar-refractivity contribution in [2.24, 2.45) is 5.92 Å². The Kier molecular flexibility index (Phi) is 5.68. The molecule has 0 aliphatic carbocycles. The number of benzene rings is 1. The standard InChI is InChI=1S/C14H21ClO/c1-4-7-13(15)11(2)10-12-8-5-6-9-14(12)16-3/h5-6,8-9,11,13H,4,7,10H2,1-3H3. The summed E-state index contributed by atoms with van der Waals surface area (Å²) in [7, 11) is 1.72. The summed E-state index contributed by atoms with van der Waals surface area (Å²) in [5.41, 5.74) is 1.25. The van der Waals surface area contributed by atoms with Crippen LogP contribution in [0.5, 0.6) is 5.75 Å². The summed E-state index contributed by atoms with van der Waals surface area (Å²) in [5, 5.41) is 0.259. The Labute approximate surface area is 104 Å². The van der Waals surface area contributed by atoms with E-state index in [2.05, 4.69) is 19.9 Å². The summed E-state index contributed by atoms with van der Waals surface area (Å²) in [6.07, 6.45) is 3.21. The highest BCUT2D eigenvalue weighted by Crippen LogP contribution is 2.25.